The van der Waals surface area contributed by atoms with Gasteiger partial charge in [0.2, 0.25) is 23.6 Å². The van der Waals surface area contributed by atoms with Gasteiger partial charge in [-0.3, -0.25) is 19.2 Å². The zero-order valence-corrected chi connectivity index (χ0v) is 18.4. The molecule has 0 aromatic heterocycles. The van der Waals surface area contributed by atoms with E-state index < -0.39 is 48.2 Å². The summed E-state index contributed by atoms with van der Waals surface area (Å²) >= 11 is 5.34. The number of thioether (sulfide) groups is 1. The Kier molecular flexibility index (Phi) is 11.6. The van der Waals surface area contributed by atoms with E-state index in [2.05, 4.69) is 33.9 Å². The van der Waals surface area contributed by atoms with E-state index in [0.29, 0.717) is 18.6 Å². The summed E-state index contributed by atoms with van der Waals surface area (Å²) in [6.07, 6.45) is 3.16. The SMILES string of the molecule is CSCCC(NC(=O)C1CCCN1)C(=O)NC(CC(N)=O)C(=O)NC(CS)C(=O)O. The topological polar surface area (TPSA) is 180 Å². The lowest BCUT2D eigenvalue weighted by Gasteiger charge is -2.24. The van der Waals surface area contributed by atoms with Crippen LogP contribution in [0.25, 0.3) is 0 Å². The van der Waals surface area contributed by atoms with E-state index in [1.165, 1.54) is 11.8 Å². The van der Waals surface area contributed by atoms with Crippen molar-refractivity contribution in [3.63, 3.8) is 0 Å². The van der Waals surface area contributed by atoms with Crippen molar-refractivity contribution in [2.75, 3.05) is 24.3 Å². The average Bonchev–Trinajstić information content (AvgIpc) is 3.22. The minimum absolute atomic E-state index is 0.181. The normalized spacial score (nSPS) is 18.7. The number of primary amides is 1. The summed E-state index contributed by atoms with van der Waals surface area (Å²) in [5.41, 5.74) is 5.17. The summed E-state index contributed by atoms with van der Waals surface area (Å²) in [5.74, 6) is -3.62. The van der Waals surface area contributed by atoms with Gasteiger partial charge in [0.1, 0.15) is 18.1 Å². The Morgan fingerprint density at radius 2 is 1.77 bits per heavy atom. The van der Waals surface area contributed by atoms with Gasteiger partial charge >= 0.3 is 5.97 Å². The molecule has 11 nitrogen and oxygen atoms in total. The molecule has 1 aliphatic rings. The van der Waals surface area contributed by atoms with Gasteiger partial charge in [0, 0.05) is 5.75 Å². The number of aliphatic carboxylic acids is 1. The van der Waals surface area contributed by atoms with Crippen molar-refractivity contribution in [2.45, 2.75) is 49.9 Å². The maximum atomic E-state index is 12.8. The molecule has 1 aliphatic heterocycles. The van der Waals surface area contributed by atoms with Gasteiger partial charge in [0.15, 0.2) is 0 Å². The molecule has 1 heterocycles. The maximum Gasteiger partial charge on any atom is 0.327 e. The van der Waals surface area contributed by atoms with Crippen LogP contribution in [0.5, 0.6) is 0 Å². The van der Waals surface area contributed by atoms with Crippen LogP contribution >= 0.6 is 24.4 Å². The molecule has 1 rings (SSSR count). The number of thiol groups is 1. The Labute approximate surface area is 184 Å². The first-order valence-corrected chi connectivity index (χ1v) is 11.5. The van der Waals surface area contributed by atoms with Crippen molar-refractivity contribution in [2.24, 2.45) is 5.73 Å². The Morgan fingerprint density at radius 1 is 1.13 bits per heavy atom. The number of hydrogen-bond donors (Lipinski definition) is 7. The van der Waals surface area contributed by atoms with E-state index in [1.54, 1.807) is 0 Å². The molecule has 7 N–H and O–H groups in total. The molecule has 0 aromatic rings. The third-order valence-corrected chi connectivity index (χ3v) is 5.46. The van der Waals surface area contributed by atoms with Crippen LogP contribution < -0.4 is 27.0 Å². The number of carbonyl (C=O) groups is 5. The third kappa shape index (κ3) is 8.79. The van der Waals surface area contributed by atoms with Crippen LogP contribution in [-0.4, -0.2) is 83.2 Å². The number of rotatable bonds is 13. The number of carboxylic acids is 1. The quantitative estimate of drug-likeness (QED) is 0.151. The number of hydrogen-bond acceptors (Lipinski definition) is 8. The zero-order valence-electron chi connectivity index (χ0n) is 16.7. The maximum absolute atomic E-state index is 12.8. The molecular formula is C17H29N5O6S2. The molecule has 0 aliphatic carbocycles. The lowest BCUT2D eigenvalue weighted by Crippen LogP contribution is -2.58. The van der Waals surface area contributed by atoms with Gasteiger partial charge in [0.25, 0.3) is 0 Å². The monoisotopic (exact) mass is 463 g/mol. The summed E-state index contributed by atoms with van der Waals surface area (Å²) in [6.45, 7) is 0.719. The Balaban J connectivity index is 2.86. The zero-order chi connectivity index (χ0) is 22.7. The fourth-order valence-electron chi connectivity index (χ4n) is 2.83. The van der Waals surface area contributed by atoms with Crippen molar-refractivity contribution < 1.29 is 29.1 Å². The summed E-state index contributed by atoms with van der Waals surface area (Å²) in [6, 6.07) is -3.98. The Morgan fingerprint density at radius 3 is 2.27 bits per heavy atom. The van der Waals surface area contributed by atoms with Crippen molar-refractivity contribution in [1.82, 2.24) is 21.3 Å². The fraction of sp³-hybridized carbons (Fsp3) is 0.706. The van der Waals surface area contributed by atoms with Crippen molar-refractivity contribution >= 4 is 54.0 Å². The van der Waals surface area contributed by atoms with Gasteiger partial charge < -0.3 is 32.1 Å². The molecule has 170 valence electrons. The van der Waals surface area contributed by atoms with Crippen LogP contribution in [0.1, 0.15) is 25.7 Å². The number of nitrogens with two attached hydrogens (primary N) is 1. The number of nitrogens with one attached hydrogen (secondary N) is 4. The van der Waals surface area contributed by atoms with Crippen LogP contribution in [0.2, 0.25) is 0 Å². The fourth-order valence-corrected chi connectivity index (χ4v) is 3.54. The minimum atomic E-state index is -1.38. The molecule has 13 heteroatoms. The number of amides is 4. The van der Waals surface area contributed by atoms with Gasteiger partial charge in [-0.2, -0.15) is 24.4 Å². The van der Waals surface area contributed by atoms with E-state index in [-0.39, 0.29) is 17.7 Å². The molecule has 4 amide bonds. The Hall–Kier alpha value is -1.99. The van der Waals surface area contributed by atoms with E-state index >= 15 is 0 Å². The lowest BCUT2D eigenvalue weighted by molar-refractivity contribution is -0.141. The van der Waals surface area contributed by atoms with Crippen molar-refractivity contribution in [1.29, 1.82) is 0 Å². The van der Waals surface area contributed by atoms with Gasteiger partial charge in [0.05, 0.1) is 12.5 Å². The van der Waals surface area contributed by atoms with Crippen LogP contribution in [0.4, 0.5) is 0 Å². The highest BCUT2D eigenvalue weighted by Crippen LogP contribution is 2.08. The second kappa shape index (κ2) is 13.3. The molecule has 30 heavy (non-hydrogen) atoms. The van der Waals surface area contributed by atoms with E-state index in [0.717, 1.165) is 13.0 Å². The molecule has 0 bridgehead atoms. The van der Waals surface area contributed by atoms with E-state index in [4.69, 9.17) is 10.8 Å². The van der Waals surface area contributed by atoms with Gasteiger partial charge in [-0.15, -0.1) is 0 Å². The summed E-state index contributed by atoms with van der Waals surface area (Å²) in [7, 11) is 0. The molecule has 4 atom stereocenters. The van der Waals surface area contributed by atoms with Crippen LogP contribution in [0.3, 0.4) is 0 Å². The molecule has 1 saturated heterocycles. The molecule has 0 saturated carbocycles. The molecule has 4 unspecified atom stereocenters. The highest BCUT2D eigenvalue weighted by atomic mass is 32.2. The highest BCUT2D eigenvalue weighted by Gasteiger charge is 2.31. The smallest absolute Gasteiger partial charge is 0.327 e. The summed E-state index contributed by atoms with van der Waals surface area (Å²) in [5, 5.41) is 19.4. The molecule has 0 spiro atoms. The lowest BCUT2D eigenvalue weighted by atomic mass is 10.1. The largest absolute Gasteiger partial charge is 0.480 e. The van der Waals surface area contributed by atoms with Crippen LogP contribution in [0, 0.1) is 0 Å². The first-order valence-electron chi connectivity index (χ1n) is 9.45. The third-order valence-electron chi connectivity index (χ3n) is 4.46. The van der Waals surface area contributed by atoms with Gasteiger partial charge in [-0.05, 0) is 37.8 Å². The van der Waals surface area contributed by atoms with Gasteiger partial charge in [-0.1, -0.05) is 0 Å². The second-order valence-corrected chi connectivity index (χ2v) is 8.16. The predicted octanol–water partition coefficient (Wildman–Crippen LogP) is -2.16. The van der Waals surface area contributed by atoms with E-state index in [9.17, 15) is 24.0 Å². The van der Waals surface area contributed by atoms with E-state index in [1.807, 2.05) is 6.26 Å². The van der Waals surface area contributed by atoms with Crippen LogP contribution in [0.15, 0.2) is 0 Å². The molecule has 1 fully saturated rings. The number of carboxylic acid groups (broad SMARTS) is 1. The standard InChI is InChI=1S/C17H29N5O6S2/c1-30-6-4-10(20-14(24)9-3-2-5-19-9)15(25)21-11(7-13(18)23)16(26)22-12(8-29)17(27)28/h9-12,19,29H,2-8H2,1H3,(H2,18,23)(H,20,24)(H,21,25)(H,22,26)(H,27,28). The molecular weight excluding hydrogens is 434 g/mol. The first kappa shape index (κ1) is 26.0. The minimum Gasteiger partial charge on any atom is -0.480 e. The second-order valence-electron chi connectivity index (χ2n) is 6.81. The number of carbonyl (C=O) groups excluding carboxylic acids is 4. The molecule has 0 aromatic carbocycles. The highest BCUT2D eigenvalue weighted by molar-refractivity contribution is 7.98. The predicted molar refractivity (Wildman–Crippen MR) is 115 cm³/mol. The van der Waals surface area contributed by atoms with Crippen LogP contribution in [-0.2, 0) is 24.0 Å². The first-order chi connectivity index (χ1) is 14.2. The average molecular weight is 464 g/mol. The Bertz CT molecular complexity index is 644. The van der Waals surface area contributed by atoms with Crippen molar-refractivity contribution in [3.05, 3.63) is 0 Å². The summed E-state index contributed by atoms with van der Waals surface area (Å²) in [4.78, 5) is 60.0. The van der Waals surface area contributed by atoms with Gasteiger partial charge in [-0.25, -0.2) is 4.79 Å². The molecule has 0 radical (unpaired) electrons. The van der Waals surface area contributed by atoms with Crippen molar-refractivity contribution in [3.8, 4) is 0 Å². The summed E-state index contributed by atoms with van der Waals surface area (Å²) < 4.78 is 0.